The van der Waals surface area contributed by atoms with E-state index in [1.807, 2.05) is 11.9 Å². The van der Waals surface area contributed by atoms with Crippen molar-refractivity contribution in [1.29, 1.82) is 0 Å². The summed E-state index contributed by atoms with van der Waals surface area (Å²) in [6.07, 6.45) is 5.11. The minimum absolute atomic E-state index is 0.0494. The number of piperidine rings is 1. The van der Waals surface area contributed by atoms with Gasteiger partial charge in [-0.05, 0) is 44.4 Å². The lowest BCUT2D eigenvalue weighted by Gasteiger charge is -2.37. The lowest BCUT2D eigenvalue weighted by atomic mass is 9.99. The highest BCUT2D eigenvalue weighted by atomic mass is 16.3. The van der Waals surface area contributed by atoms with E-state index in [0.717, 1.165) is 38.8 Å². The molecule has 2 atom stereocenters. The second-order valence-corrected chi connectivity index (χ2v) is 6.08. The Morgan fingerprint density at radius 1 is 1.36 bits per heavy atom. The Balaban J connectivity index is 1.74. The van der Waals surface area contributed by atoms with Crippen molar-refractivity contribution in [2.75, 3.05) is 26.7 Å². The summed E-state index contributed by atoms with van der Waals surface area (Å²) in [7, 11) is 1.85. The van der Waals surface area contributed by atoms with Crippen LogP contribution in [0, 0.1) is 0 Å². The molecule has 2 amide bonds. The molecule has 6 heteroatoms. The van der Waals surface area contributed by atoms with Gasteiger partial charge in [0.2, 0.25) is 5.91 Å². The van der Waals surface area contributed by atoms with Gasteiger partial charge < -0.3 is 19.5 Å². The molecule has 2 saturated heterocycles. The van der Waals surface area contributed by atoms with Gasteiger partial charge in [-0.3, -0.25) is 9.59 Å². The van der Waals surface area contributed by atoms with E-state index in [0.29, 0.717) is 12.3 Å². The number of amides is 2. The molecule has 1 N–H and O–H groups in total. The first-order valence-corrected chi connectivity index (χ1v) is 8.00. The van der Waals surface area contributed by atoms with E-state index in [2.05, 4.69) is 5.32 Å². The Morgan fingerprint density at radius 2 is 2.23 bits per heavy atom. The number of furan rings is 1. The van der Waals surface area contributed by atoms with Crippen molar-refractivity contribution in [3.05, 3.63) is 24.2 Å². The highest BCUT2D eigenvalue weighted by Crippen LogP contribution is 2.22. The van der Waals surface area contributed by atoms with Gasteiger partial charge in [0.15, 0.2) is 5.76 Å². The molecular formula is C16H23N3O3. The van der Waals surface area contributed by atoms with Gasteiger partial charge in [0.1, 0.15) is 6.04 Å². The number of hydrogen-bond acceptors (Lipinski definition) is 4. The Hall–Kier alpha value is -1.82. The van der Waals surface area contributed by atoms with Gasteiger partial charge in [-0.15, -0.1) is 0 Å². The molecule has 1 aromatic heterocycles. The lowest BCUT2D eigenvalue weighted by molar-refractivity contribution is -0.137. The Kier molecular flexibility index (Phi) is 4.47. The molecule has 0 aliphatic carbocycles. The van der Waals surface area contributed by atoms with Crippen LogP contribution in [0.1, 0.15) is 36.2 Å². The molecule has 0 radical (unpaired) electrons. The number of carbonyl (C=O) groups excluding carboxylic acids is 2. The third-order valence-corrected chi connectivity index (χ3v) is 4.71. The van der Waals surface area contributed by atoms with E-state index >= 15 is 0 Å². The standard InChI is InChI=1S/C16H23N3O3/c1-18(12-7-8-17-11-12)15(20)13-5-2-3-9-19(13)16(21)14-6-4-10-22-14/h4,6,10,12-13,17H,2-3,5,7-9,11H2,1H3. The maximum Gasteiger partial charge on any atom is 0.290 e. The summed E-state index contributed by atoms with van der Waals surface area (Å²) in [5.74, 6) is 0.180. The van der Waals surface area contributed by atoms with Gasteiger partial charge in [-0.25, -0.2) is 0 Å². The van der Waals surface area contributed by atoms with Gasteiger partial charge in [0, 0.05) is 26.2 Å². The number of rotatable bonds is 3. The van der Waals surface area contributed by atoms with E-state index < -0.39 is 0 Å². The van der Waals surface area contributed by atoms with E-state index in [-0.39, 0.29) is 23.9 Å². The summed E-state index contributed by atoms with van der Waals surface area (Å²) in [5, 5.41) is 3.28. The molecule has 2 fully saturated rings. The van der Waals surface area contributed by atoms with Crippen LogP contribution in [0.4, 0.5) is 0 Å². The molecule has 120 valence electrons. The first-order chi connectivity index (χ1) is 10.7. The molecule has 1 aromatic rings. The number of hydrogen-bond donors (Lipinski definition) is 1. The van der Waals surface area contributed by atoms with Gasteiger partial charge in [0.05, 0.1) is 6.26 Å². The second-order valence-electron chi connectivity index (χ2n) is 6.08. The molecule has 0 bridgehead atoms. The molecule has 22 heavy (non-hydrogen) atoms. The van der Waals surface area contributed by atoms with Gasteiger partial charge in [-0.1, -0.05) is 0 Å². The van der Waals surface area contributed by atoms with Crippen LogP contribution in [0.15, 0.2) is 22.8 Å². The van der Waals surface area contributed by atoms with E-state index in [1.165, 1.54) is 6.26 Å². The zero-order valence-electron chi connectivity index (χ0n) is 13.0. The molecular weight excluding hydrogens is 282 g/mol. The van der Waals surface area contributed by atoms with E-state index in [1.54, 1.807) is 17.0 Å². The molecule has 6 nitrogen and oxygen atoms in total. The SMILES string of the molecule is CN(C(=O)C1CCCCN1C(=O)c1ccco1)C1CCNC1. The summed E-state index contributed by atoms with van der Waals surface area (Å²) in [5.41, 5.74) is 0. The van der Waals surface area contributed by atoms with Crippen molar-refractivity contribution in [3.8, 4) is 0 Å². The van der Waals surface area contributed by atoms with Crippen LogP contribution in [0.25, 0.3) is 0 Å². The molecule has 2 aliphatic heterocycles. The fraction of sp³-hybridized carbons (Fsp3) is 0.625. The fourth-order valence-corrected chi connectivity index (χ4v) is 3.36. The summed E-state index contributed by atoms with van der Waals surface area (Å²) in [4.78, 5) is 28.9. The minimum Gasteiger partial charge on any atom is -0.459 e. The van der Waals surface area contributed by atoms with Crippen LogP contribution < -0.4 is 5.32 Å². The highest BCUT2D eigenvalue weighted by Gasteiger charge is 2.37. The van der Waals surface area contributed by atoms with Crippen molar-refractivity contribution in [1.82, 2.24) is 15.1 Å². The van der Waals surface area contributed by atoms with Crippen molar-refractivity contribution in [2.45, 2.75) is 37.8 Å². The summed E-state index contributed by atoms with van der Waals surface area (Å²) >= 11 is 0. The second kappa shape index (κ2) is 6.52. The third-order valence-electron chi connectivity index (χ3n) is 4.71. The highest BCUT2D eigenvalue weighted by molar-refractivity contribution is 5.95. The van der Waals surface area contributed by atoms with Crippen LogP contribution in [0.5, 0.6) is 0 Å². The van der Waals surface area contributed by atoms with Crippen molar-refractivity contribution in [3.63, 3.8) is 0 Å². The van der Waals surface area contributed by atoms with Crippen molar-refractivity contribution < 1.29 is 14.0 Å². The van der Waals surface area contributed by atoms with Gasteiger partial charge >= 0.3 is 0 Å². The number of carbonyl (C=O) groups is 2. The van der Waals surface area contributed by atoms with E-state index in [9.17, 15) is 9.59 Å². The van der Waals surface area contributed by atoms with Crippen molar-refractivity contribution in [2.24, 2.45) is 0 Å². The van der Waals surface area contributed by atoms with Crippen LogP contribution >= 0.6 is 0 Å². The number of likely N-dealkylation sites (N-methyl/N-ethyl adjacent to an activating group) is 1. The minimum atomic E-state index is -0.364. The third kappa shape index (κ3) is 2.88. The van der Waals surface area contributed by atoms with Crippen LogP contribution in [0.3, 0.4) is 0 Å². The average molecular weight is 305 g/mol. The molecule has 3 rings (SSSR count). The zero-order chi connectivity index (χ0) is 15.5. The van der Waals surface area contributed by atoms with Crippen LogP contribution in [-0.4, -0.2) is 60.4 Å². The van der Waals surface area contributed by atoms with Gasteiger partial charge in [-0.2, -0.15) is 0 Å². The number of nitrogens with one attached hydrogen (secondary N) is 1. The molecule has 0 spiro atoms. The fourth-order valence-electron chi connectivity index (χ4n) is 3.36. The molecule has 0 saturated carbocycles. The maximum absolute atomic E-state index is 12.8. The Labute approximate surface area is 130 Å². The smallest absolute Gasteiger partial charge is 0.290 e. The topological polar surface area (TPSA) is 65.8 Å². The maximum atomic E-state index is 12.8. The molecule has 2 unspecified atom stereocenters. The Morgan fingerprint density at radius 3 is 2.91 bits per heavy atom. The summed E-state index contributed by atoms with van der Waals surface area (Å²) in [6, 6.07) is 3.22. The quantitative estimate of drug-likeness (QED) is 0.908. The average Bonchev–Trinajstić information content (AvgIpc) is 3.25. The van der Waals surface area contributed by atoms with Crippen LogP contribution in [0.2, 0.25) is 0 Å². The predicted molar refractivity (Wildman–Crippen MR) is 81.4 cm³/mol. The largest absolute Gasteiger partial charge is 0.459 e. The van der Waals surface area contributed by atoms with Crippen LogP contribution in [-0.2, 0) is 4.79 Å². The predicted octanol–water partition coefficient (Wildman–Crippen LogP) is 1.09. The summed E-state index contributed by atoms with van der Waals surface area (Å²) < 4.78 is 5.21. The summed E-state index contributed by atoms with van der Waals surface area (Å²) in [6.45, 7) is 2.40. The monoisotopic (exact) mass is 305 g/mol. The molecule has 0 aromatic carbocycles. The zero-order valence-corrected chi connectivity index (χ0v) is 13.0. The van der Waals surface area contributed by atoms with Gasteiger partial charge in [0.25, 0.3) is 5.91 Å². The molecule has 2 aliphatic rings. The number of nitrogens with zero attached hydrogens (tertiary/aromatic N) is 2. The number of likely N-dealkylation sites (tertiary alicyclic amines) is 1. The van der Waals surface area contributed by atoms with E-state index in [4.69, 9.17) is 4.42 Å². The first-order valence-electron chi connectivity index (χ1n) is 8.00. The lowest BCUT2D eigenvalue weighted by Crippen LogP contribution is -2.54. The van der Waals surface area contributed by atoms with Crippen molar-refractivity contribution >= 4 is 11.8 Å². The molecule has 3 heterocycles. The Bertz CT molecular complexity index is 523. The first kappa shape index (κ1) is 15.1. The normalized spacial score (nSPS) is 25.2.